The molecule has 2 bridgehead atoms. The second-order valence-electron chi connectivity index (χ2n) is 10.5. The van der Waals surface area contributed by atoms with Gasteiger partial charge >= 0.3 is 5.97 Å². The molecule has 2 aromatic heterocycles. The fraction of sp³-hybridized carbons (Fsp3) is 0.300. The van der Waals surface area contributed by atoms with Gasteiger partial charge in [-0.3, -0.25) is 4.79 Å². The van der Waals surface area contributed by atoms with Crippen LogP contribution < -0.4 is 5.32 Å². The number of aliphatic carboxylic acids is 1. The molecule has 0 unspecified atom stereocenters. The van der Waals surface area contributed by atoms with E-state index in [-0.39, 0.29) is 39.1 Å². The Morgan fingerprint density at radius 3 is 2.59 bits per heavy atom. The van der Waals surface area contributed by atoms with Gasteiger partial charge in [-0.1, -0.05) is 54.8 Å². The van der Waals surface area contributed by atoms with Crippen molar-refractivity contribution in [2.45, 2.75) is 38.1 Å². The molecule has 3 saturated carbocycles. The number of carbonyl (C=O) groups is 1. The number of hydrogen-bond acceptors (Lipinski definition) is 4. The second-order valence-corrected chi connectivity index (χ2v) is 10.9. The Kier molecular flexibility index (Phi) is 6.48. The lowest BCUT2D eigenvalue weighted by atomic mass is 9.82. The third-order valence-corrected chi connectivity index (χ3v) is 8.53. The number of carboxylic acid groups (broad SMARTS) is 1. The monoisotopic (exact) mass is 546 g/mol. The normalized spacial score (nSPS) is 22.4. The molecule has 2 heterocycles. The molecule has 0 saturated heterocycles. The van der Waals surface area contributed by atoms with Gasteiger partial charge in [0.15, 0.2) is 11.6 Å². The van der Waals surface area contributed by atoms with Gasteiger partial charge in [0.05, 0.1) is 22.7 Å². The summed E-state index contributed by atoms with van der Waals surface area (Å²) >= 11 is 6.16. The summed E-state index contributed by atoms with van der Waals surface area (Å²) in [5.74, 6) is -2.61. The van der Waals surface area contributed by atoms with Crippen LogP contribution >= 0.6 is 11.6 Å². The molecule has 4 aromatic rings. The van der Waals surface area contributed by atoms with Crippen molar-refractivity contribution in [1.82, 2.24) is 9.97 Å². The first-order valence-electron chi connectivity index (χ1n) is 13.0. The largest absolute Gasteiger partial charge is 0.481 e. The molecular formula is C30H25ClF2N4O2. The molecule has 0 spiro atoms. The summed E-state index contributed by atoms with van der Waals surface area (Å²) in [5, 5.41) is 24.1. The molecular weight excluding hydrogens is 522 g/mol. The highest BCUT2D eigenvalue weighted by Gasteiger charge is 2.42. The van der Waals surface area contributed by atoms with E-state index < -0.39 is 29.6 Å². The number of fused-ring (bicyclic) bond motifs is 5. The highest BCUT2D eigenvalue weighted by Crippen LogP contribution is 2.45. The van der Waals surface area contributed by atoms with Crippen molar-refractivity contribution in [1.29, 1.82) is 5.26 Å². The van der Waals surface area contributed by atoms with E-state index in [0.717, 1.165) is 25.7 Å². The number of rotatable bonds is 5. The molecule has 6 nitrogen and oxygen atoms in total. The number of anilines is 1. The maximum Gasteiger partial charge on any atom is 0.308 e. The lowest BCUT2D eigenvalue weighted by molar-refractivity contribution is -0.142. The molecule has 3 N–H and O–H groups in total. The molecule has 2 atom stereocenters. The summed E-state index contributed by atoms with van der Waals surface area (Å²) in [6.45, 7) is 0. The zero-order valence-corrected chi connectivity index (χ0v) is 21.6. The quantitative estimate of drug-likeness (QED) is 0.242. The number of hydrogen-bond donors (Lipinski definition) is 3. The molecule has 3 fully saturated rings. The van der Waals surface area contributed by atoms with Crippen LogP contribution in [0.4, 0.5) is 14.6 Å². The van der Waals surface area contributed by atoms with Gasteiger partial charge in [-0.05, 0) is 48.8 Å². The maximum absolute atomic E-state index is 16.4. The van der Waals surface area contributed by atoms with E-state index in [2.05, 4.69) is 21.4 Å². The maximum atomic E-state index is 16.4. The van der Waals surface area contributed by atoms with Crippen molar-refractivity contribution in [2.24, 2.45) is 17.8 Å². The summed E-state index contributed by atoms with van der Waals surface area (Å²) in [5.41, 5.74) is 1.23. The highest BCUT2D eigenvalue weighted by molar-refractivity contribution is 6.31. The van der Waals surface area contributed by atoms with Crippen molar-refractivity contribution >= 4 is 34.3 Å². The Hall–Kier alpha value is -3.96. The zero-order chi connectivity index (χ0) is 27.3. The number of halogens is 3. The van der Waals surface area contributed by atoms with Crippen LogP contribution in [0.5, 0.6) is 0 Å². The SMILES string of the molecule is N#Cc1c(-c2c[nH]c3c(F)cc(Cl)cc23)nc(N[C@H]2C3CCC(CC3)C[C@@H]2C(=O)O)c(F)c1-c1ccccc1. The first kappa shape index (κ1) is 25.3. The van der Waals surface area contributed by atoms with Gasteiger partial charge in [0, 0.05) is 33.8 Å². The van der Waals surface area contributed by atoms with Gasteiger partial charge in [-0.2, -0.15) is 5.26 Å². The molecule has 3 aliphatic carbocycles. The van der Waals surface area contributed by atoms with E-state index in [1.165, 1.54) is 12.3 Å². The number of aromatic amines is 1. The Labute approximate surface area is 228 Å². The molecule has 0 aliphatic heterocycles. The van der Waals surface area contributed by atoms with Crippen molar-refractivity contribution in [3.8, 4) is 28.5 Å². The highest BCUT2D eigenvalue weighted by atomic mass is 35.5. The molecule has 198 valence electrons. The van der Waals surface area contributed by atoms with Gasteiger partial charge in [0.25, 0.3) is 0 Å². The van der Waals surface area contributed by atoms with Gasteiger partial charge in [0.2, 0.25) is 0 Å². The van der Waals surface area contributed by atoms with Gasteiger partial charge in [-0.15, -0.1) is 0 Å². The number of pyridine rings is 1. The van der Waals surface area contributed by atoms with Crippen molar-refractivity contribution in [3.63, 3.8) is 0 Å². The van der Waals surface area contributed by atoms with Gasteiger partial charge in [0.1, 0.15) is 11.9 Å². The van der Waals surface area contributed by atoms with E-state index in [4.69, 9.17) is 11.6 Å². The first-order chi connectivity index (χ1) is 18.9. The predicted molar refractivity (Wildman–Crippen MR) is 145 cm³/mol. The number of aromatic nitrogens is 2. The molecule has 3 aliphatic rings. The van der Waals surface area contributed by atoms with E-state index in [1.54, 1.807) is 36.4 Å². The lowest BCUT2D eigenvalue weighted by Crippen LogP contribution is -2.39. The Morgan fingerprint density at radius 1 is 1.15 bits per heavy atom. The zero-order valence-electron chi connectivity index (χ0n) is 20.8. The average Bonchev–Trinajstić information content (AvgIpc) is 3.18. The first-order valence-corrected chi connectivity index (χ1v) is 13.4. The predicted octanol–water partition coefficient (Wildman–Crippen LogP) is 7.39. The number of carboxylic acids is 1. The van der Waals surface area contributed by atoms with Crippen LogP contribution in [0.2, 0.25) is 5.02 Å². The van der Waals surface area contributed by atoms with Gasteiger partial charge in [-0.25, -0.2) is 13.8 Å². The standard InChI is InChI=1S/C30H25ClF2N4O2/c31-18-11-19-22(14-35-28(19)23(32)12-18)27-21(13-34)24(16-4-2-1-3-5-16)25(33)29(37-27)36-26-17-8-6-15(7-9-17)10-20(26)30(38)39/h1-5,11-12,14-15,17,20,26,35H,6-10H2,(H,36,37)(H,38,39)/t15?,17?,20-,26-/m0/s1. The smallest absolute Gasteiger partial charge is 0.308 e. The third kappa shape index (κ3) is 4.41. The summed E-state index contributed by atoms with van der Waals surface area (Å²) < 4.78 is 31.1. The Balaban J connectivity index is 1.58. The van der Waals surface area contributed by atoms with Crippen molar-refractivity contribution in [2.75, 3.05) is 5.32 Å². The van der Waals surface area contributed by atoms with Crippen LogP contribution in [0.25, 0.3) is 33.3 Å². The Morgan fingerprint density at radius 2 is 1.90 bits per heavy atom. The molecule has 0 radical (unpaired) electrons. The fourth-order valence-electron chi connectivity index (χ4n) is 6.44. The van der Waals surface area contributed by atoms with E-state index in [0.29, 0.717) is 28.9 Å². The molecule has 0 amide bonds. The number of nitriles is 1. The molecule has 7 rings (SSSR count). The van der Waals surface area contributed by atoms with E-state index in [1.807, 2.05) is 0 Å². The van der Waals surface area contributed by atoms with Crippen LogP contribution in [0.1, 0.15) is 37.7 Å². The van der Waals surface area contributed by atoms with Crippen LogP contribution in [0.15, 0.2) is 48.7 Å². The van der Waals surface area contributed by atoms with Crippen LogP contribution in [0, 0.1) is 40.7 Å². The number of benzene rings is 2. The minimum Gasteiger partial charge on any atom is -0.481 e. The van der Waals surface area contributed by atoms with Gasteiger partial charge < -0.3 is 15.4 Å². The minimum atomic E-state index is -0.911. The second kappa shape index (κ2) is 9.97. The molecule has 2 aromatic carbocycles. The summed E-state index contributed by atoms with van der Waals surface area (Å²) in [6, 6.07) is 13.0. The average molecular weight is 547 g/mol. The number of nitrogens with zero attached hydrogens (tertiary/aromatic N) is 2. The summed E-state index contributed by atoms with van der Waals surface area (Å²) in [6.07, 6.45) is 5.69. The topological polar surface area (TPSA) is 102 Å². The van der Waals surface area contributed by atoms with Crippen molar-refractivity contribution < 1.29 is 18.7 Å². The third-order valence-electron chi connectivity index (χ3n) is 8.31. The van der Waals surface area contributed by atoms with Crippen LogP contribution in [-0.4, -0.2) is 27.1 Å². The van der Waals surface area contributed by atoms with Crippen LogP contribution in [0.3, 0.4) is 0 Å². The molecule has 9 heteroatoms. The minimum absolute atomic E-state index is 0.0119. The number of H-pyrrole nitrogens is 1. The van der Waals surface area contributed by atoms with E-state index in [9.17, 15) is 19.6 Å². The fourth-order valence-corrected chi connectivity index (χ4v) is 6.64. The van der Waals surface area contributed by atoms with Crippen LogP contribution in [-0.2, 0) is 4.79 Å². The summed E-state index contributed by atoms with van der Waals surface area (Å²) in [7, 11) is 0. The number of nitrogens with one attached hydrogen (secondary N) is 2. The Bertz CT molecular complexity index is 1620. The molecule has 39 heavy (non-hydrogen) atoms. The lowest BCUT2D eigenvalue weighted by Gasteiger charge is -2.31. The summed E-state index contributed by atoms with van der Waals surface area (Å²) in [4.78, 5) is 19.8. The van der Waals surface area contributed by atoms with Crippen molar-refractivity contribution in [3.05, 3.63) is 70.9 Å². The van der Waals surface area contributed by atoms with E-state index >= 15 is 4.39 Å².